The summed E-state index contributed by atoms with van der Waals surface area (Å²) in [4.78, 5) is 11.4. The van der Waals surface area contributed by atoms with Gasteiger partial charge in [0.15, 0.2) is 0 Å². The predicted octanol–water partition coefficient (Wildman–Crippen LogP) is 1.00. The molecule has 1 rings (SSSR count). The molecule has 0 unspecified atom stereocenters. The van der Waals surface area contributed by atoms with E-state index in [1.807, 2.05) is 0 Å². The average molecular weight is 226 g/mol. The summed E-state index contributed by atoms with van der Waals surface area (Å²) >= 11 is 0. The van der Waals surface area contributed by atoms with Crippen molar-refractivity contribution in [3.63, 3.8) is 0 Å². The van der Waals surface area contributed by atoms with Gasteiger partial charge < -0.3 is 15.4 Å². The zero-order chi connectivity index (χ0) is 11.8. The molecule has 0 aliphatic rings. The average Bonchev–Trinajstić information content (AvgIpc) is 2.28. The number of amides is 1. The zero-order valence-electron chi connectivity index (χ0n) is 9.13. The van der Waals surface area contributed by atoms with Crippen LogP contribution in [-0.4, -0.2) is 32.7 Å². The van der Waals surface area contributed by atoms with Gasteiger partial charge in [-0.25, -0.2) is 4.39 Å². The molecule has 0 atom stereocenters. The molecule has 0 saturated heterocycles. The van der Waals surface area contributed by atoms with E-state index in [4.69, 9.17) is 4.74 Å². The highest BCUT2D eigenvalue weighted by molar-refractivity contribution is 5.92. The highest BCUT2D eigenvalue weighted by atomic mass is 19.1. The standard InChI is InChI=1S/C11H15FN2O2/c1-16-7-6-13-8-11(15)14-10-4-2-9(12)3-5-10/h2-5,13H,6-8H2,1H3,(H,14,15). The van der Waals surface area contributed by atoms with Crippen LogP contribution in [0.4, 0.5) is 10.1 Å². The Morgan fingerprint density at radius 3 is 2.69 bits per heavy atom. The zero-order valence-corrected chi connectivity index (χ0v) is 9.13. The molecule has 16 heavy (non-hydrogen) atoms. The number of rotatable bonds is 6. The van der Waals surface area contributed by atoms with Crippen LogP contribution in [0, 0.1) is 5.82 Å². The first-order chi connectivity index (χ1) is 7.72. The number of hydrogen-bond donors (Lipinski definition) is 2. The molecule has 0 aromatic heterocycles. The third kappa shape index (κ3) is 4.86. The maximum atomic E-state index is 12.6. The fourth-order valence-electron chi connectivity index (χ4n) is 1.11. The summed E-state index contributed by atoms with van der Waals surface area (Å²) in [5.41, 5.74) is 0.583. The van der Waals surface area contributed by atoms with Gasteiger partial charge in [-0.2, -0.15) is 0 Å². The molecule has 1 amide bonds. The van der Waals surface area contributed by atoms with Gasteiger partial charge in [-0.05, 0) is 24.3 Å². The fraction of sp³-hybridized carbons (Fsp3) is 0.364. The van der Waals surface area contributed by atoms with E-state index in [2.05, 4.69) is 10.6 Å². The second kappa shape index (κ2) is 6.92. The summed E-state index contributed by atoms with van der Waals surface area (Å²) in [6.07, 6.45) is 0. The van der Waals surface area contributed by atoms with E-state index in [-0.39, 0.29) is 18.3 Å². The molecule has 0 saturated carbocycles. The van der Waals surface area contributed by atoms with Crippen LogP contribution in [0.1, 0.15) is 0 Å². The lowest BCUT2D eigenvalue weighted by Gasteiger charge is -2.06. The van der Waals surface area contributed by atoms with Gasteiger partial charge in [-0.15, -0.1) is 0 Å². The lowest BCUT2D eigenvalue weighted by molar-refractivity contribution is -0.115. The minimum absolute atomic E-state index is 0.164. The number of carbonyl (C=O) groups excluding carboxylic acids is 1. The maximum absolute atomic E-state index is 12.6. The molecule has 1 aromatic carbocycles. The molecule has 0 bridgehead atoms. The molecule has 0 radical (unpaired) electrons. The fourth-order valence-corrected chi connectivity index (χ4v) is 1.11. The smallest absolute Gasteiger partial charge is 0.238 e. The van der Waals surface area contributed by atoms with E-state index in [1.165, 1.54) is 24.3 Å². The minimum atomic E-state index is -0.323. The highest BCUT2D eigenvalue weighted by Gasteiger charge is 2.01. The SMILES string of the molecule is COCCNCC(=O)Nc1ccc(F)cc1. The Bertz CT molecular complexity index is 327. The number of methoxy groups -OCH3 is 1. The van der Waals surface area contributed by atoms with E-state index in [0.717, 1.165) is 0 Å². The molecule has 4 nitrogen and oxygen atoms in total. The summed E-state index contributed by atoms with van der Waals surface area (Å²) in [7, 11) is 1.60. The summed E-state index contributed by atoms with van der Waals surface area (Å²) in [5, 5.41) is 5.54. The minimum Gasteiger partial charge on any atom is -0.383 e. The Balaban J connectivity index is 2.26. The van der Waals surface area contributed by atoms with Crippen molar-refractivity contribution in [2.45, 2.75) is 0 Å². The van der Waals surface area contributed by atoms with Crippen LogP contribution >= 0.6 is 0 Å². The molecule has 0 spiro atoms. The number of benzene rings is 1. The van der Waals surface area contributed by atoms with Gasteiger partial charge in [0, 0.05) is 19.3 Å². The molecule has 0 heterocycles. The first-order valence-corrected chi connectivity index (χ1v) is 4.97. The van der Waals surface area contributed by atoms with Gasteiger partial charge in [0.1, 0.15) is 5.82 Å². The van der Waals surface area contributed by atoms with Gasteiger partial charge in [0.2, 0.25) is 5.91 Å². The molecule has 0 aliphatic carbocycles. The molecular weight excluding hydrogens is 211 g/mol. The largest absolute Gasteiger partial charge is 0.383 e. The summed E-state index contributed by atoms with van der Waals surface area (Å²) in [6.45, 7) is 1.39. The van der Waals surface area contributed by atoms with E-state index < -0.39 is 0 Å². The highest BCUT2D eigenvalue weighted by Crippen LogP contribution is 2.07. The molecule has 2 N–H and O–H groups in total. The second-order valence-corrected chi connectivity index (χ2v) is 3.22. The molecule has 1 aromatic rings. The summed E-state index contributed by atoms with van der Waals surface area (Å²) in [6, 6.07) is 5.63. The third-order valence-corrected chi connectivity index (χ3v) is 1.90. The van der Waals surface area contributed by atoms with Crippen LogP contribution in [0.2, 0.25) is 0 Å². The molecule has 0 fully saturated rings. The van der Waals surface area contributed by atoms with Crippen LogP contribution in [0.15, 0.2) is 24.3 Å². The van der Waals surface area contributed by atoms with Crippen molar-refractivity contribution >= 4 is 11.6 Å². The number of anilines is 1. The van der Waals surface area contributed by atoms with Crippen molar-refractivity contribution in [1.29, 1.82) is 0 Å². The third-order valence-electron chi connectivity index (χ3n) is 1.90. The molecule has 0 aliphatic heterocycles. The van der Waals surface area contributed by atoms with E-state index >= 15 is 0 Å². The quantitative estimate of drug-likeness (QED) is 0.711. The number of hydrogen-bond acceptors (Lipinski definition) is 3. The molecule has 88 valence electrons. The van der Waals surface area contributed by atoms with Crippen molar-refractivity contribution in [1.82, 2.24) is 5.32 Å². The van der Waals surface area contributed by atoms with E-state index in [9.17, 15) is 9.18 Å². The first kappa shape index (κ1) is 12.6. The van der Waals surface area contributed by atoms with Crippen molar-refractivity contribution in [3.8, 4) is 0 Å². The predicted molar refractivity (Wildman–Crippen MR) is 59.8 cm³/mol. The first-order valence-electron chi connectivity index (χ1n) is 4.97. The Kier molecular flexibility index (Phi) is 5.45. The van der Waals surface area contributed by atoms with Crippen LogP contribution in [-0.2, 0) is 9.53 Å². The Morgan fingerprint density at radius 1 is 1.38 bits per heavy atom. The van der Waals surface area contributed by atoms with Crippen molar-refractivity contribution in [2.24, 2.45) is 0 Å². The Labute approximate surface area is 93.8 Å². The lowest BCUT2D eigenvalue weighted by atomic mass is 10.3. The monoisotopic (exact) mass is 226 g/mol. The van der Waals surface area contributed by atoms with Gasteiger partial charge in [0.25, 0.3) is 0 Å². The maximum Gasteiger partial charge on any atom is 0.238 e. The van der Waals surface area contributed by atoms with Crippen LogP contribution in [0.25, 0.3) is 0 Å². The summed E-state index contributed by atoms with van der Waals surface area (Å²) in [5.74, 6) is -0.487. The van der Waals surface area contributed by atoms with Gasteiger partial charge >= 0.3 is 0 Å². The molecular formula is C11H15FN2O2. The summed E-state index contributed by atoms with van der Waals surface area (Å²) < 4.78 is 17.4. The molecule has 5 heteroatoms. The van der Waals surface area contributed by atoms with E-state index in [0.29, 0.717) is 18.8 Å². The van der Waals surface area contributed by atoms with Gasteiger partial charge in [-0.1, -0.05) is 0 Å². The van der Waals surface area contributed by atoms with Crippen LogP contribution in [0.3, 0.4) is 0 Å². The van der Waals surface area contributed by atoms with Crippen molar-refractivity contribution in [2.75, 3.05) is 32.1 Å². The number of halogens is 1. The van der Waals surface area contributed by atoms with Crippen molar-refractivity contribution < 1.29 is 13.9 Å². The number of carbonyl (C=O) groups is 1. The second-order valence-electron chi connectivity index (χ2n) is 3.22. The number of ether oxygens (including phenoxy) is 1. The van der Waals surface area contributed by atoms with Gasteiger partial charge in [-0.3, -0.25) is 4.79 Å². The Hall–Kier alpha value is -1.46. The van der Waals surface area contributed by atoms with Crippen LogP contribution < -0.4 is 10.6 Å². The van der Waals surface area contributed by atoms with E-state index in [1.54, 1.807) is 7.11 Å². The topological polar surface area (TPSA) is 50.4 Å². The van der Waals surface area contributed by atoms with Crippen LogP contribution in [0.5, 0.6) is 0 Å². The Morgan fingerprint density at radius 2 is 2.06 bits per heavy atom. The lowest BCUT2D eigenvalue weighted by Crippen LogP contribution is -2.30. The normalized spacial score (nSPS) is 10.1. The van der Waals surface area contributed by atoms with Crippen molar-refractivity contribution in [3.05, 3.63) is 30.1 Å². The van der Waals surface area contributed by atoms with Gasteiger partial charge in [0.05, 0.1) is 13.2 Å². The number of nitrogens with one attached hydrogen (secondary N) is 2.